The smallest absolute Gasteiger partial charge is 0.408 e. The summed E-state index contributed by atoms with van der Waals surface area (Å²) in [7, 11) is -2.54. The van der Waals surface area contributed by atoms with Gasteiger partial charge in [0.15, 0.2) is 10.7 Å². The summed E-state index contributed by atoms with van der Waals surface area (Å²) in [5.74, 6) is -1.43. The summed E-state index contributed by atoms with van der Waals surface area (Å²) < 4.78 is 35.7. The largest absolute Gasteiger partial charge is 0.419 e. The first-order valence-corrected chi connectivity index (χ1v) is 12.1. The molecule has 2 aromatic heterocycles. The lowest BCUT2D eigenvalue weighted by atomic mass is 10.1. The van der Waals surface area contributed by atoms with E-state index in [9.17, 15) is 18.0 Å². The van der Waals surface area contributed by atoms with Gasteiger partial charge in [0.25, 0.3) is 0 Å². The minimum Gasteiger partial charge on any atom is -0.408 e. The Bertz CT molecular complexity index is 1500. The fourth-order valence-electron chi connectivity index (χ4n) is 3.28. The summed E-state index contributed by atoms with van der Waals surface area (Å²) in [4.78, 5) is 28.9. The molecule has 0 fully saturated rings. The number of aromatic nitrogens is 2. The van der Waals surface area contributed by atoms with Crippen LogP contribution >= 0.6 is 11.3 Å². The molecule has 1 amide bonds. The van der Waals surface area contributed by atoms with Gasteiger partial charge in [-0.15, -0.1) is 0 Å². The molecule has 0 saturated heterocycles. The maximum Gasteiger partial charge on any atom is 0.419 e. The third-order valence-electron chi connectivity index (χ3n) is 5.08. The van der Waals surface area contributed by atoms with Crippen LogP contribution in [-0.2, 0) is 21.9 Å². The third-order valence-corrected chi connectivity index (χ3v) is 7.45. The van der Waals surface area contributed by atoms with Crippen molar-refractivity contribution in [3.8, 4) is 0 Å². The first-order valence-electron chi connectivity index (χ1n) is 9.85. The van der Waals surface area contributed by atoms with Gasteiger partial charge in [-0.3, -0.25) is 9.36 Å². The second-order valence-corrected chi connectivity index (χ2v) is 10.6. The quantitative estimate of drug-likeness (QED) is 0.443. The molecule has 32 heavy (non-hydrogen) atoms. The topological polar surface area (TPSA) is 123 Å². The normalized spacial score (nSPS) is 13.2. The van der Waals surface area contributed by atoms with Crippen LogP contribution in [-0.4, -0.2) is 29.9 Å². The van der Waals surface area contributed by atoms with Gasteiger partial charge in [-0.05, 0) is 42.7 Å². The van der Waals surface area contributed by atoms with Crippen LogP contribution in [0.4, 0.5) is 5.13 Å². The van der Waals surface area contributed by atoms with E-state index >= 15 is 0 Å². The van der Waals surface area contributed by atoms with E-state index in [0.29, 0.717) is 10.6 Å². The van der Waals surface area contributed by atoms with Gasteiger partial charge in [0.1, 0.15) is 6.04 Å². The van der Waals surface area contributed by atoms with Crippen molar-refractivity contribution < 1.29 is 17.6 Å². The number of benzene rings is 2. The fourth-order valence-corrected chi connectivity index (χ4v) is 5.60. The predicted octanol–water partition coefficient (Wildman–Crippen LogP) is 2.99. The number of fused-ring (bicyclic) bond motifs is 2. The Labute approximate surface area is 188 Å². The van der Waals surface area contributed by atoms with Crippen molar-refractivity contribution in [1.29, 1.82) is 0 Å². The zero-order valence-electron chi connectivity index (χ0n) is 17.9. The average molecular weight is 475 g/mol. The number of carbonyl (C=O) groups excluding carboxylic acids is 1. The van der Waals surface area contributed by atoms with Crippen LogP contribution in [0.2, 0.25) is 0 Å². The maximum absolute atomic E-state index is 13.0. The molecule has 0 bridgehead atoms. The van der Waals surface area contributed by atoms with E-state index < -0.39 is 27.7 Å². The summed E-state index contributed by atoms with van der Waals surface area (Å²) in [6.07, 6.45) is 0. The Morgan fingerprint density at radius 1 is 1.19 bits per heavy atom. The van der Waals surface area contributed by atoms with Crippen LogP contribution in [0.1, 0.15) is 19.4 Å². The predicted molar refractivity (Wildman–Crippen MR) is 123 cm³/mol. The van der Waals surface area contributed by atoms with Gasteiger partial charge in [-0.25, -0.2) is 18.2 Å². The first-order chi connectivity index (χ1) is 15.0. The second kappa shape index (κ2) is 8.15. The number of carbonyl (C=O) groups is 1. The van der Waals surface area contributed by atoms with Gasteiger partial charge in [-0.1, -0.05) is 31.3 Å². The molecule has 2 aromatic carbocycles. The van der Waals surface area contributed by atoms with E-state index in [1.54, 1.807) is 13.8 Å². The van der Waals surface area contributed by atoms with Crippen molar-refractivity contribution >= 4 is 53.7 Å². The molecule has 1 atom stereocenters. The highest BCUT2D eigenvalue weighted by Crippen LogP contribution is 2.27. The number of anilines is 1. The van der Waals surface area contributed by atoms with E-state index in [2.05, 4.69) is 15.0 Å². The second-order valence-electron chi connectivity index (χ2n) is 7.88. The minimum absolute atomic E-state index is 0.103. The molecule has 1 unspecified atom stereocenters. The molecule has 4 rings (SSSR count). The summed E-state index contributed by atoms with van der Waals surface area (Å²) in [5, 5.41) is 3.12. The van der Waals surface area contributed by atoms with E-state index in [1.807, 2.05) is 25.1 Å². The van der Waals surface area contributed by atoms with Crippen LogP contribution in [0.5, 0.6) is 0 Å². The molecular weight excluding hydrogens is 452 g/mol. The molecule has 0 spiro atoms. The van der Waals surface area contributed by atoms with E-state index in [4.69, 9.17) is 4.42 Å². The van der Waals surface area contributed by atoms with Gasteiger partial charge in [0.05, 0.1) is 20.6 Å². The number of sulfonamides is 1. The van der Waals surface area contributed by atoms with Crippen molar-refractivity contribution in [1.82, 2.24) is 14.3 Å². The molecule has 4 aromatic rings. The lowest BCUT2D eigenvalue weighted by molar-refractivity contribution is -0.118. The number of hydrogen-bond donors (Lipinski definition) is 2. The fraction of sp³-hybridized carbons (Fsp3) is 0.286. The number of nitrogens with one attached hydrogen (secondary N) is 2. The number of nitrogens with zero attached hydrogens (tertiary/aromatic N) is 2. The zero-order chi connectivity index (χ0) is 23.2. The lowest BCUT2D eigenvalue weighted by Crippen LogP contribution is -2.47. The van der Waals surface area contributed by atoms with Crippen LogP contribution < -0.4 is 15.8 Å². The zero-order valence-corrected chi connectivity index (χ0v) is 19.5. The number of oxazole rings is 1. The molecule has 9 nitrogen and oxygen atoms in total. The molecule has 0 aliphatic rings. The number of hydrogen-bond acceptors (Lipinski definition) is 7. The van der Waals surface area contributed by atoms with Crippen molar-refractivity contribution in [2.24, 2.45) is 13.0 Å². The van der Waals surface area contributed by atoms with Gasteiger partial charge in [0, 0.05) is 13.1 Å². The molecule has 2 heterocycles. The van der Waals surface area contributed by atoms with Crippen LogP contribution in [0.15, 0.2) is 50.5 Å². The Hall–Kier alpha value is -3.02. The van der Waals surface area contributed by atoms with Gasteiger partial charge in [-0.2, -0.15) is 4.72 Å². The molecule has 11 heteroatoms. The highest BCUT2D eigenvalue weighted by atomic mass is 32.2. The summed E-state index contributed by atoms with van der Waals surface area (Å²) >= 11 is 1.32. The summed E-state index contributed by atoms with van der Waals surface area (Å²) in [6.45, 7) is 5.46. The average Bonchev–Trinajstić information content (AvgIpc) is 3.24. The minimum atomic E-state index is -4.07. The van der Waals surface area contributed by atoms with Crippen molar-refractivity contribution in [2.45, 2.75) is 31.7 Å². The first kappa shape index (κ1) is 22.2. The molecule has 2 N–H and O–H groups in total. The highest BCUT2D eigenvalue weighted by Gasteiger charge is 2.29. The lowest BCUT2D eigenvalue weighted by Gasteiger charge is -2.21. The van der Waals surface area contributed by atoms with Crippen molar-refractivity contribution in [2.75, 3.05) is 5.32 Å². The standard InChI is InChI=1S/C21H22N4O5S2/c1-11(2)18(19(26)23-20-22-14-7-5-12(3)9-17(14)31-20)24-32(28,29)13-6-8-15-16(10-13)30-21(27)25(15)4/h5-11,18,24H,1-4H3,(H,22,23,26). The molecular formula is C21H22N4O5S2. The number of rotatable bonds is 6. The number of thiazole rings is 1. The maximum atomic E-state index is 13.0. The summed E-state index contributed by atoms with van der Waals surface area (Å²) in [6, 6.07) is 8.87. The van der Waals surface area contributed by atoms with E-state index in [0.717, 1.165) is 15.8 Å². The van der Waals surface area contributed by atoms with Gasteiger partial charge < -0.3 is 9.73 Å². The highest BCUT2D eigenvalue weighted by molar-refractivity contribution is 7.89. The Balaban J connectivity index is 1.58. The van der Waals surface area contributed by atoms with E-state index in [-0.39, 0.29) is 16.4 Å². The van der Waals surface area contributed by atoms with Gasteiger partial charge >= 0.3 is 5.76 Å². The van der Waals surface area contributed by atoms with Gasteiger partial charge in [0.2, 0.25) is 15.9 Å². The van der Waals surface area contributed by atoms with Crippen molar-refractivity contribution in [3.63, 3.8) is 0 Å². The Morgan fingerprint density at radius 3 is 2.66 bits per heavy atom. The third kappa shape index (κ3) is 4.18. The molecule has 168 valence electrons. The number of amides is 1. The van der Waals surface area contributed by atoms with E-state index in [1.165, 1.54) is 41.2 Å². The monoisotopic (exact) mass is 474 g/mol. The number of aryl methyl sites for hydroxylation is 2. The SMILES string of the molecule is Cc1ccc2nc(NC(=O)C(NS(=O)(=O)c3ccc4c(c3)oc(=O)n4C)C(C)C)sc2c1. The Morgan fingerprint density at radius 2 is 1.94 bits per heavy atom. The van der Waals surface area contributed by atoms with Crippen molar-refractivity contribution in [3.05, 3.63) is 52.5 Å². The van der Waals surface area contributed by atoms with Crippen LogP contribution in [0, 0.1) is 12.8 Å². The molecule has 0 radical (unpaired) electrons. The molecule has 0 saturated carbocycles. The summed E-state index contributed by atoms with van der Waals surface area (Å²) in [5.41, 5.74) is 2.46. The molecule has 0 aliphatic heterocycles. The van der Waals surface area contributed by atoms with Crippen LogP contribution in [0.3, 0.4) is 0 Å². The molecule has 0 aliphatic carbocycles. The van der Waals surface area contributed by atoms with Crippen LogP contribution in [0.25, 0.3) is 21.3 Å². The Kier molecular flexibility index (Phi) is 5.65.